The third kappa shape index (κ3) is 3.17. The molecule has 12 nitrogen and oxygen atoms in total. The molecule has 0 bridgehead atoms. The molecule has 1 amide bonds. The van der Waals surface area contributed by atoms with E-state index in [2.05, 4.69) is 20.4 Å². The summed E-state index contributed by atoms with van der Waals surface area (Å²) >= 11 is 1.40. The van der Waals surface area contributed by atoms with Gasteiger partial charge in [0.2, 0.25) is 5.91 Å². The molecular weight excluding hydrogens is 438 g/mol. The highest BCUT2D eigenvalue weighted by molar-refractivity contribution is 7.17. The molecule has 5 rings (SSSR count). The number of hydrogen-bond acceptors (Lipinski definition) is 9. The van der Waals surface area contributed by atoms with Crippen molar-refractivity contribution in [2.75, 3.05) is 11.9 Å². The van der Waals surface area contributed by atoms with E-state index in [4.69, 9.17) is 9.26 Å². The van der Waals surface area contributed by atoms with Crippen LogP contribution >= 0.6 is 11.3 Å². The minimum Gasteiger partial charge on any atom is -0.376 e. The lowest BCUT2D eigenvalue weighted by atomic mass is 10.1. The van der Waals surface area contributed by atoms with E-state index in [-0.39, 0.29) is 23.6 Å². The van der Waals surface area contributed by atoms with Crippen LogP contribution in [0.2, 0.25) is 0 Å². The third-order valence-electron chi connectivity index (χ3n) is 5.35. The minimum atomic E-state index is -0.515. The number of nitrogens with zero attached hydrogens (tertiary/aromatic N) is 6. The molecule has 0 fully saturated rings. The van der Waals surface area contributed by atoms with Crippen LogP contribution in [0.4, 0.5) is 5.00 Å². The number of aryl methyl sites for hydroxylation is 2. The van der Waals surface area contributed by atoms with Gasteiger partial charge < -0.3 is 19.1 Å². The molecule has 0 aliphatic carbocycles. The molecule has 0 radical (unpaired) electrons. The number of imidazole rings is 1. The number of thiophene rings is 1. The van der Waals surface area contributed by atoms with Gasteiger partial charge in [0.05, 0.1) is 25.1 Å². The number of carbonyl (C=O) groups excluding carboxylic acids is 1. The van der Waals surface area contributed by atoms with Crippen LogP contribution < -0.4 is 16.6 Å². The first-order valence-electron chi connectivity index (χ1n) is 9.78. The number of nitrogens with one attached hydrogen (secondary N) is 1. The van der Waals surface area contributed by atoms with Gasteiger partial charge in [0.15, 0.2) is 17.0 Å². The van der Waals surface area contributed by atoms with E-state index >= 15 is 0 Å². The van der Waals surface area contributed by atoms with E-state index in [9.17, 15) is 14.4 Å². The first kappa shape index (κ1) is 20.3. The second kappa shape index (κ2) is 7.53. The smallest absolute Gasteiger partial charge is 0.332 e. The molecule has 4 aromatic heterocycles. The zero-order valence-electron chi connectivity index (χ0n) is 17.5. The zero-order chi connectivity index (χ0) is 22.6. The van der Waals surface area contributed by atoms with Crippen LogP contribution in [0.25, 0.3) is 22.6 Å². The topological polar surface area (TPSA) is 139 Å². The molecule has 5 heterocycles. The molecule has 13 heteroatoms. The van der Waals surface area contributed by atoms with E-state index in [1.54, 1.807) is 6.92 Å². The van der Waals surface area contributed by atoms with Crippen molar-refractivity contribution < 1.29 is 14.1 Å². The van der Waals surface area contributed by atoms with Gasteiger partial charge in [0.1, 0.15) is 11.5 Å². The molecular formula is C19H19N7O5S. The van der Waals surface area contributed by atoms with E-state index in [1.165, 1.54) is 40.9 Å². The monoisotopic (exact) mass is 457 g/mol. The standard InChI is InChI=1S/C19H19N7O5S/c1-9-21-16(31-23-9)13-10-4-5-30-7-11(10)32-17(13)22-12(27)6-26-8-20-15-14(26)18(28)25(3)19(29)24(15)2/h8H,4-7H2,1-3H3,(H,22,27). The van der Waals surface area contributed by atoms with Crippen molar-refractivity contribution in [3.63, 3.8) is 0 Å². The predicted molar refractivity (Wildman–Crippen MR) is 115 cm³/mol. The maximum absolute atomic E-state index is 12.9. The Hall–Kier alpha value is -3.58. The Morgan fingerprint density at radius 3 is 2.84 bits per heavy atom. The lowest BCUT2D eigenvalue weighted by Crippen LogP contribution is -2.37. The summed E-state index contributed by atoms with van der Waals surface area (Å²) in [6, 6.07) is 0. The number of fused-ring (bicyclic) bond motifs is 2. The van der Waals surface area contributed by atoms with Crippen LogP contribution in [0.1, 0.15) is 16.3 Å². The predicted octanol–water partition coefficient (Wildman–Crippen LogP) is 0.565. The average Bonchev–Trinajstić information content (AvgIpc) is 3.47. The fourth-order valence-corrected chi connectivity index (χ4v) is 4.98. The van der Waals surface area contributed by atoms with Gasteiger partial charge in [-0.25, -0.2) is 9.78 Å². The van der Waals surface area contributed by atoms with Gasteiger partial charge in [0.25, 0.3) is 11.4 Å². The maximum atomic E-state index is 12.9. The number of amides is 1. The molecule has 0 unspecified atom stereocenters. The molecule has 1 aliphatic heterocycles. The second-order valence-corrected chi connectivity index (χ2v) is 8.56. The zero-order valence-corrected chi connectivity index (χ0v) is 18.4. The van der Waals surface area contributed by atoms with E-state index < -0.39 is 11.2 Å². The second-order valence-electron chi connectivity index (χ2n) is 7.46. The summed E-state index contributed by atoms with van der Waals surface area (Å²) in [5.41, 5.74) is 1.13. The number of ether oxygens (including phenoxy) is 1. The van der Waals surface area contributed by atoms with Crippen LogP contribution in [0, 0.1) is 6.92 Å². The normalized spacial score (nSPS) is 13.5. The first-order valence-corrected chi connectivity index (χ1v) is 10.6. The van der Waals surface area contributed by atoms with Crippen LogP contribution in [0.3, 0.4) is 0 Å². The molecule has 0 aromatic carbocycles. The lowest BCUT2D eigenvalue weighted by Gasteiger charge is -2.12. The summed E-state index contributed by atoms with van der Waals surface area (Å²) < 4.78 is 14.6. The summed E-state index contributed by atoms with van der Waals surface area (Å²) in [4.78, 5) is 47.1. The maximum Gasteiger partial charge on any atom is 0.332 e. The quantitative estimate of drug-likeness (QED) is 0.469. The van der Waals surface area contributed by atoms with Crippen molar-refractivity contribution >= 4 is 33.4 Å². The average molecular weight is 457 g/mol. The molecule has 1 aliphatic rings. The third-order valence-corrected chi connectivity index (χ3v) is 6.47. The Labute approximate surface area is 184 Å². The van der Waals surface area contributed by atoms with E-state index in [1.807, 2.05) is 0 Å². The minimum absolute atomic E-state index is 0.161. The van der Waals surface area contributed by atoms with Crippen molar-refractivity contribution in [1.82, 2.24) is 28.8 Å². The van der Waals surface area contributed by atoms with E-state index in [0.717, 1.165) is 15.0 Å². The van der Waals surface area contributed by atoms with Gasteiger partial charge in [-0.15, -0.1) is 11.3 Å². The summed E-state index contributed by atoms with van der Waals surface area (Å²) in [5, 5.41) is 7.36. The molecule has 0 saturated heterocycles. The van der Waals surface area contributed by atoms with Crippen molar-refractivity contribution in [2.24, 2.45) is 14.1 Å². The van der Waals surface area contributed by atoms with Crippen LogP contribution in [-0.4, -0.2) is 41.3 Å². The lowest BCUT2D eigenvalue weighted by molar-refractivity contribution is -0.116. The molecule has 1 N–H and O–H groups in total. The number of carbonyl (C=O) groups is 1. The Morgan fingerprint density at radius 2 is 2.09 bits per heavy atom. The summed E-state index contributed by atoms with van der Waals surface area (Å²) in [6.07, 6.45) is 2.05. The van der Waals surface area contributed by atoms with E-state index in [0.29, 0.717) is 41.9 Å². The first-order chi connectivity index (χ1) is 15.3. The van der Waals surface area contributed by atoms with Gasteiger partial charge in [-0.3, -0.25) is 18.7 Å². The highest BCUT2D eigenvalue weighted by Crippen LogP contribution is 2.42. The SMILES string of the molecule is Cc1noc(-c2c(NC(=O)Cn3cnc4c3c(=O)n(C)c(=O)n4C)sc3c2CCOC3)n1. The summed E-state index contributed by atoms with van der Waals surface area (Å²) in [5.74, 6) is 0.474. The fourth-order valence-electron chi connectivity index (χ4n) is 3.78. The molecule has 0 atom stereocenters. The Kier molecular flexibility index (Phi) is 4.78. The Bertz CT molecular complexity index is 1490. The molecule has 4 aromatic rings. The number of rotatable bonds is 4. The van der Waals surface area contributed by atoms with Crippen molar-refractivity contribution in [2.45, 2.75) is 26.5 Å². The molecule has 166 valence electrons. The van der Waals surface area contributed by atoms with Crippen LogP contribution in [0.15, 0.2) is 20.4 Å². The molecule has 0 saturated carbocycles. The van der Waals surface area contributed by atoms with Crippen molar-refractivity contribution in [1.29, 1.82) is 0 Å². The van der Waals surface area contributed by atoms with Gasteiger partial charge >= 0.3 is 5.69 Å². The highest BCUT2D eigenvalue weighted by Gasteiger charge is 2.27. The summed E-state index contributed by atoms with van der Waals surface area (Å²) in [6.45, 7) is 2.59. The van der Waals surface area contributed by atoms with Crippen molar-refractivity contribution in [3.8, 4) is 11.5 Å². The van der Waals surface area contributed by atoms with Gasteiger partial charge in [-0.05, 0) is 18.9 Å². The summed E-state index contributed by atoms with van der Waals surface area (Å²) in [7, 11) is 2.91. The Morgan fingerprint density at radius 1 is 1.28 bits per heavy atom. The van der Waals surface area contributed by atoms with Gasteiger partial charge in [-0.2, -0.15) is 4.98 Å². The number of anilines is 1. The number of aromatic nitrogens is 6. The van der Waals surface area contributed by atoms with Crippen molar-refractivity contribution in [3.05, 3.63) is 43.4 Å². The molecule has 0 spiro atoms. The Balaban J connectivity index is 1.50. The van der Waals surface area contributed by atoms with Gasteiger partial charge in [0, 0.05) is 19.0 Å². The number of hydrogen-bond donors (Lipinski definition) is 1. The largest absolute Gasteiger partial charge is 0.376 e. The van der Waals surface area contributed by atoms with Crippen LogP contribution in [0.5, 0.6) is 0 Å². The molecule has 32 heavy (non-hydrogen) atoms. The van der Waals surface area contributed by atoms with Gasteiger partial charge in [-0.1, -0.05) is 5.16 Å². The highest BCUT2D eigenvalue weighted by atomic mass is 32.1. The van der Waals surface area contributed by atoms with Crippen LogP contribution in [-0.2, 0) is 43.2 Å². The fraction of sp³-hybridized carbons (Fsp3) is 0.368.